The maximum absolute atomic E-state index is 2.31. The van der Waals surface area contributed by atoms with E-state index in [0.717, 1.165) is 15.8 Å². The average molecular weight is 143 g/mol. The molecule has 0 bridgehead atoms. The summed E-state index contributed by atoms with van der Waals surface area (Å²) in [5, 5.41) is 2.92. The van der Waals surface area contributed by atoms with E-state index in [0.29, 0.717) is 0 Å². The Balaban J connectivity index is 2.26. The second kappa shape index (κ2) is 2.47. The third-order valence-electron chi connectivity index (χ3n) is 0.855. The van der Waals surface area contributed by atoms with E-state index in [1.54, 1.807) is 0 Å². The van der Waals surface area contributed by atoms with Gasteiger partial charge in [0.15, 0.2) is 0 Å². The molecule has 0 aromatic heterocycles. The second-order valence-corrected chi connectivity index (χ2v) is 4.03. The topological polar surface area (TPSA) is 0 Å². The van der Waals surface area contributed by atoms with Crippen LogP contribution in [0.25, 0.3) is 0 Å². The molecular formula is C5H8As. The van der Waals surface area contributed by atoms with E-state index in [4.69, 9.17) is 0 Å². The van der Waals surface area contributed by atoms with Crippen molar-refractivity contribution in [1.29, 1.82) is 0 Å². The zero-order chi connectivity index (χ0) is 4.24. The van der Waals surface area contributed by atoms with Crippen LogP contribution in [-0.2, 0) is 0 Å². The zero-order valence-electron chi connectivity index (χ0n) is 3.72. The number of rotatable bonds is 0. The van der Waals surface area contributed by atoms with Crippen LogP contribution in [0.1, 0.15) is 6.42 Å². The van der Waals surface area contributed by atoms with Crippen LogP contribution in [0, 0.1) is 0 Å². The normalized spacial score (nSPS) is 25.3. The van der Waals surface area contributed by atoms with Crippen molar-refractivity contribution in [1.82, 2.24) is 0 Å². The van der Waals surface area contributed by atoms with E-state index in [2.05, 4.69) is 12.2 Å². The van der Waals surface area contributed by atoms with Crippen LogP contribution in [0.5, 0.6) is 0 Å². The summed E-state index contributed by atoms with van der Waals surface area (Å²) in [5.41, 5.74) is 0. The van der Waals surface area contributed by atoms with E-state index >= 15 is 0 Å². The summed E-state index contributed by atoms with van der Waals surface area (Å²) in [7, 11) is 0. The van der Waals surface area contributed by atoms with E-state index < -0.39 is 0 Å². The minimum atomic E-state index is 0.744. The third kappa shape index (κ3) is 1.18. The van der Waals surface area contributed by atoms with Gasteiger partial charge in [-0.05, 0) is 0 Å². The van der Waals surface area contributed by atoms with Gasteiger partial charge in [0.05, 0.1) is 0 Å². The first-order valence-corrected chi connectivity index (χ1v) is 4.94. The van der Waals surface area contributed by atoms with Gasteiger partial charge in [-0.1, -0.05) is 0 Å². The van der Waals surface area contributed by atoms with Crippen LogP contribution in [0.4, 0.5) is 0 Å². The molecule has 0 spiro atoms. The molecule has 1 radical (unpaired) electrons. The molecule has 1 rings (SSSR count). The fourth-order valence-corrected chi connectivity index (χ4v) is 2.23. The molecule has 0 aromatic carbocycles. The van der Waals surface area contributed by atoms with Gasteiger partial charge < -0.3 is 0 Å². The Bertz CT molecular complexity index is 49.0. The van der Waals surface area contributed by atoms with Gasteiger partial charge >= 0.3 is 44.7 Å². The van der Waals surface area contributed by atoms with Crippen molar-refractivity contribution in [3.05, 3.63) is 12.2 Å². The summed E-state index contributed by atoms with van der Waals surface area (Å²) in [4.78, 5) is 0. The molecule has 1 aliphatic rings. The molecule has 6 heavy (non-hydrogen) atoms. The van der Waals surface area contributed by atoms with Crippen molar-refractivity contribution in [2.45, 2.75) is 16.8 Å². The number of allylic oxidation sites excluding steroid dienone is 2. The first kappa shape index (κ1) is 4.46. The molecule has 0 saturated heterocycles. The van der Waals surface area contributed by atoms with Gasteiger partial charge in [-0.15, -0.1) is 0 Å². The van der Waals surface area contributed by atoms with Gasteiger partial charge in [-0.3, -0.25) is 0 Å². The predicted molar refractivity (Wildman–Crippen MR) is 29.1 cm³/mol. The Hall–Kier alpha value is 0.298. The van der Waals surface area contributed by atoms with Crippen LogP contribution in [0.2, 0.25) is 10.4 Å². The van der Waals surface area contributed by atoms with Crippen LogP contribution >= 0.6 is 0 Å². The molecule has 1 heterocycles. The predicted octanol–water partition coefficient (Wildman–Crippen LogP) is 1.49. The first-order chi connectivity index (χ1) is 3.00. The molecule has 0 atom stereocenters. The Morgan fingerprint density at radius 3 is 2.50 bits per heavy atom. The summed E-state index contributed by atoms with van der Waals surface area (Å²) < 4.78 is 0. The van der Waals surface area contributed by atoms with Crippen LogP contribution in [-0.4, -0.2) is 15.8 Å². The quantitative estimate of drug-likeness (QED) is 0.356. The molecule has 0 N–H and O–H groups in total. The van der Waals surface area contributed by atoms with Crippen LogP contribution in [0.15, 0.2) is 12.2 Å². The Kier molecular flexibility index (Phi) is 1.83. The minimum absolute atomic E-state index is 0.744. The number of hydrogen-bond acceptors (Lipinski definition) is 0. The fraction of sp³-hybridized carbons (Fsp3) is 0.600. The van der Waals surface area contributed by atoms with Gasteiger partial charge in [0.1, 0.15) is 0 Å². The van der Waals surface area contributed by atoms with Gasteiger partial charge in [-0.25, -0.2) is 0 Å². The number of hydrogen-bond donors (Lipinski definition) is 0. The molecule has 0 unspecified atom stereocenters. The zero-order valence-corrected chi connectivity index (χ0v) is 5.60. The van der Waals surface area contributed by atoms with E-state index in [1.807, 2.05) is 0 Å². The summed E-state index contributed by atoms with van der Waals surface area (Å²) in [5.74, 6) is 0. The standard InChI is InChI=1S/C5H8As/c1-2-4-6-5-3-1/h1-2H,3-5H2. The van der Waals surface area contributed by atoms with Crippen LogP contribution in [0.3, 0.4) is 0 Å². The maximum atomic E-state index is 2.31. The average Bonchev–Trinajstić information content (AvgIpc) is 1.72. The molecule has 0 fully saturated rings. The third-order valence-corrected chi connectivity index (χ3v) is 3.04. The van der Waals surface area contributed by atoms with Crippen molar-refractivity contribution in [3.63, 3.8) is 0 Å². The Labute approximate surface area is 45.3 Å². The summed E-state index contributed by atoms with van der Waals surface area (Å²) >= 11 is 0.744. The molecule has 0 saturated carbocycles. The van der Waals surface area contributed by atoms with Gasteiger partial charge in [0.25, 0.3) is 0 Å². The second-order valence-electron chi connectivity index (χ2n) is 1.39. The molecule has 0 aromatic rings. The van der Waals surface area contributed by atoms with Gasteiger partial charge in [-0.2, -0.15) is 0 Å². The molecule has 1 heteroatoms. The van der Waals surface area contributed by atoms with Crippen molar-refractivity contribution in [2.24, 2.45) is 0 Å². The van der Waals surface area contributed by atoms with Gasteiger partial charge in [0.2, 0.25) is 0 Å². The van der Waals surface area contributed by atoms with Gasteiger partial charge in [0, 0.05) is 0 Å². The van der Waals surface area contributed by atoms with Crippen molar-refractivity contribution >= 4 is 15.8 Å². The van der Waals surface area contributed by atoms with Crippen molar-refractivity contribution in [3.8, 4) is 0 Å². The summed E-state index contributed by atoms with van der Waals surface area (Å²) in [6.45, 7) is 0. The Morgan fingerprint density at radius 2 is 2.33 bits per heavy atom. The molecule has 0 aliphatic carbocycles. The van der Waals surface area contributed by atoms with Crippen LogP contribution < -0.4 is 0 Å². The molecule has 0 nitrogen and oxygen atoms in total. The fourth-order valence-electron chi connectivity index (χ4n) is 0.524. The van der Waals surface area contributed by atoms with E-state index in [-0.39, 0.29) is 0 Å². The molecular weight excluding hydrogens is 135 g/mol. The molecule has 33 valence electrons. The summed E-state index contributed by atoms with van der Waals surface area (Å²) in [6, 6.07) is 0. The first-order valence-electron chi connectivity index (χ1n) is 2.28. The Morgan fingerprint density at radius 1 is 1.33 bits per heavy atom. The molecule has 1 aliphatic heterocycles. The van der Waals surface area contributed by atoms with Crippen molar-refractivity contribution < 1.29 is 0 Å². The van der Waals surface area contributed by atoms with Crippen molar-refractivity contribution in [2.75, 3.05) is 0 Å². The van der Waals surface area contributed by atoms with E-state index in [1.165, 1.54) is 16.8 Å². The van der Waals surface area contributed by atoms with E-state index in [9.17, 15) is 0 Å². The summed E-state index contributed by atoms with van der Waals surface area (Å²) in [6.07, 6.45) is 5.96. The SMILES string of the molecule is C1=CC[As]CC1. The molecule has 0 amide bonds. The monoisotopic (exact) mass is 143 g/mol.